The number of likely N-dealkylation sites (tertiary alicyclic amines) is 1. The highest BCUT2D eigenvalue weighted by Gasteiger charge is 2.34. The number of nitrogens with one attached hydrogen (secondary N) is 1. The van der Waals surface area contributed by atoms with E-state index in [1.165, 1.54) is 32.1 Å². The van der Waals surface area contributed by atoms with Gasteiger partial charge in [-0.25, -0.2) is 0 Å². The largest absolute Gasteiger partial charge is 0.338 e. The SMILES string of the molecule is CC(C)NC1CC(=O)N(C2CCCCC2)C1. The van der Waals surface area contributed by atoms with Gasteiger partial charge in [-0.1, -0.05) is 33.1 Å². The smallest absolute Gasteiger partial charge is 0.224 e. The second-order valence-corrected chi connectivity index (χ2v) is 5.56. The van der Waals surface area contributed by atoms with Crippen molar-refractivity contribution in [2.45, 2.75) is 70.5 Å². The molecule has 0 radical (unpaired) electrons. The van der Waals surface area contributed by atoms with E-state index in [0.29, 0.717) is 30.5 Å². The fraction of sp³-hybridized carbons (Fsp3) is 0.923. The van der Waals surface area contributed by atoms with E-state index in [1.807, 2.05) is 0 Å². The summed E-state index contributed by atoms with van der Waals surface area (Å²) >= 11 is 0. The second-order valence-electron chi connectivity index (χ2n) is 5.56. The van der Waals surface area contributed by atoms with E-state index in [9.17, 15) is 4.79 Å². The molecule has 3 heteroatoms. The maximum Gasteiger partial charge on any atom is 0.224 e. The number of hydrogen-bond acceptors (Lipinski definition) is 2. The molecule has 2 aliphatic rings. The molecule has 16 heavy (non-hydrogen) atoms. The lowest BCUT2D eigenvalue weighted by atomic mass is 9.94. The summed E-state index contributed by atoms with van der Waals surface area (Å²) < 4.78 is 0. The van der Waals surface area contributed by atoms with Gasteiger partial charge in [0.05, 0.1) is 0 Å². The van der Waals surface area contributed by atoms with E-state index in [-0.39, 0.29) is 0 Å². The first-order valence-corrected chi connectivity index (χ1v) is 6.72. The Hall–Kier alpha value is -0.570. The van der Waals surface area contributed by atoms with Crippen molar-refractivity contribution in [2.75, 3.05) is 6.54 Å². The third-order valence-corrected chi connectivity index (χ3v) is 3.74. The minimum atomic E-state index is 0.366. The molecule has 0 aromatic carbocycles. The zero-order valence-corrected chi connectivity index (χ0v) is 10.5. The summed E-state index contributed by atoms with van der Waals surface area (Å²) in [5.41, 5.74) is 0. The van der Waals surface area contributed by atoms with Crippen LogP contribution in [-0.2, 0) is 4.79 Å². The van der Waals surface area contributed by atoms with Crippen LogP contribution >= 0.6 is 0 Å². The number of carbonyl (C=O) groups is 1. The van der Waals surface area contributed by atoms with Crippen molar-refractivity contribution in [1.29, 1.82) is 0 Å². The Kier molecular flexibility index (Phi) is 3.85. The molecule has 2 rings (SSSR count). The molecule has 1 amide bonds. The van der Waals surface area contributed by atoms with Gasteiger partial charge in [-0.05, 0) is 12.8 Å². The molecule has 3 nitrogen and oxygen atoms in total. The van der Waals surface area contributed by atoms with Gasteiger partial charge in [0.1, 0.15) is 0 Å². The summed E-state index contributed by atoms with van der Waals surface area (Å²) in [7, 11) is 0. The average molecular weight is 224 g/mol. The lowest BCUT2D eigenvalue weighted by molar-refractivity contribution is -0.130. The highest BCUT2D eigenvalue weighted by molar-refractivity contribution is 5.79. The van der Waals surface area contributed by atoms with E-state index >= 15 is 0 Å². The molecule has 1 atom stereocenters. The summed E-state index contributed by atoms with van der Waals surface area (Å²) in [6.07, 6.45) is 7.11. The van der Waals surface area contributed by atoms with E-state index in [1.54, 1.807) is 0 Å². The lowest BCUT2D eigenvalue weighted by Crippen LogP contribution is -2.41. The number of carbonyl (C=O) groups excluding carboxylic acids is 1. The van der Waals surface area contributed by atoms with Gasteiger partial charge in [-0.3, -0.25) is 4.79 Å². The summed E-state index contributed by atoms with van der Waals surface area (Å²) in [5, 5.41) is 3.48. The van der Waals surface area contributed by atoms with Crippen LogP contribution in [0.3, 0.4) is 0 Å². The molecule has 0 bridgehead atoms. The Morgan fingerprint density at radius 3 is 2.56 bits per heavy atom. The predicted octanol–water partition coefficient (Wildman–Crippen LogP) is 1.92. The van der Waals surface area contributed by atoms with Crippen molar-refractivity contribution < 1.29 is 4.79 Å². The van der Waals surface area contributed by atoms with Crippen LogP contribution in [-0.4, -0.2) is 35.5 Å². The zero-order valence-electron chi connectivity index (χ0n) is 10.5. The molecule has 0 aromatic rings. The van der Waals surface area contributed by atoms with Crippen LogP contribution in [0.2, 0.25) is 0 Å². The first-order chi connectivity index (χ1) is 7.66. The molecule has 1 heterocycles. The molecule has 1 saturated carbocycles. The summed E-state index contributed by atoms with van der Waals surface area (Å²) in [6.45, 7) is 5.23. The molecule has 0 spiro atoms. The second kappa shape index (κ2) is 5.17. The zero-order chi connectivity index (χ0) is 11.5. The Balaban J connectivity index is 1.88. The van der Waals surface area contributed by atoms with Crippen LogP contribution in [0.5, 0.6) is 0 Å². The minimum absolute atomic E-state index is 0.366. The van der Waals surface area contributed by atoms with Gasteiger partial charge in [0.25, 0.3) is 0 Å². The van der Waals surface area contributed by atoms with Gasteiger partial charge in [0, 0.05) is 31.1 Å². The van der Waals surface area contributed by atoms with Gasteiger partial charge in [-0.15, -0.1) is 0 Å². The van der Waals surface area contributed by atoms with Gasteiger partial charge in [-0.2, -0.15) is 0 Å². The number of amides is 1. The fourth-order valence-corrected chi connectivity index (χ4v) is 3.06. The van der Waals surface area contributed by atoms with Crippen LogP contribution in [0.1, 0.15) is 52.4 Å². The molecule has 1 unspecified atom stereocenters. The van der Waals surface area contributed by atoms with Crippen molar-refractivity contribution in [3.05, 3.63) is 0 Å². The van der Waals surface area contributed by atoms with Gasteiger partial charge < -0.3 is 10.2 Å². The Morgan fingerprint density at radius 1 is 1.25 bits per heavy atom. The van der Waals surface area contributed by atoms with Crippen molar-refractivity contribution in [3.63, 3.8) is 0 Å². The van der Waals surface area contributed by atoms with Gasteiger partial charge >= 0.3 is 0 Å². The molecular formula is C13H24N2O. The van der Waals surface area contributed by atoms with E-state index < -0.39 is 0 Å². The molecule has 0 aromatic heterocycles. The first-order valence-electron chi connectivity index (χ1n) is 6.72. The highest BCUT2D eigenvalue weighted by Crippen LogP contribution is 2.26. The van der Waals surface area contributed by atoms with E-state index in [2.05, 4.69) is 24.1 Å². The Bertz CT molecular complexity index is 246. The summed E-state index contributed by atoms with van der Waals surface area (Å²) in [6, 6.07) is 1.40. The van der Waals surface area contributed by atoms with Crippen LogP contribution < -0.4 is 5.32 Å². The summed E-state index contributed by atoms with van der Waals surface area (Å²) in [5.74, 6) is 0.366. The van der Waals surface area contributed by atoms with Gasteiger partial charge in [0.2, 0.25) is 5.91 Å². The quantitative estimate of drug-likeness (QED) is 0.794. The maximum absolute atomic E-state index is 12.0. The predicted molar refractivity (Wildman–Crippen MR) is 65.3 cm³/mol. The maximum atomic E-state index is 12.0. The Morgan fingerprint density at radius 2 is 1.94 bits per heavy atom. The topological polar surface area (TPSA) is 32.3 Å². The normalized spacial score (nSPS) is 28.1. The van der Waals surface area contributed by atoms with Crippen molar-refractivity contribution in [2.24, 2.45) is 0 Å². The number of nitrogens with zero attached hydrogens (tertiary/aromatic N) is 1. The molecule has 2 fully saturated rings. The molecule has 1 aliphatic carbocycles. The lowest BCUT2D eigenvalue weighted by Gasteiger charge is -2.31. The van der Waals surface area contributed by atoms with E-state index in [4.69, 9.17) is 0 Å². The average Bonchev–Trinajstić information content (AvgIpc) is 2.60. The summed E-state index contributed by atoms with van der Waals surface area (Å²) in [4.78, 5) is 14.1. The van der Waals surface area contributed by atoms with Gasteiger partial charge in [0.15, 0.2) is 0 Å². The number of rotatable bonds is 3. The monoisotopic (exact) mass is 224 g/mol. The highest BCUT2D eigenvalue weighted by atomic mass is 16.2. The first kappa shape index (κ1) is 11.9. The van der Waals surface area contributed by atoms with Crippen molar-refractivity contribution in [1.82, 2.24) is 10.2 Å². The van der Waals surface area contributed by atoms with E-state index in [0.717, 1.165) is 6.54 Å². The van der Waals surface area contributed by atoms with Crippen LogP contribution in [0.4, 0.5) is 0 Å². The minimum Gasteiger partial charge on any atom is -0.338 e. The molecular weight excluding hydrogens is 200 g/mol. The molecule has 92 valence electrons. The third-order valence-electron chi connectivity index (χ3n) is 3.74. The van der Waals surface area contributed by atoms with Crippen molar-refractivity contribution in [3.8, 4) is 0 Å². The molecule has 1 N–H and O–H groups in total. The molecule has 1 aliphatic heterocycles. The van der Waals surface area contributed by atoms with Crippen molar-refractivity contribution >= 4 is 5.91 Å². The number of hydrogen-bond donors (Lipinski definition) is 1. The third kappa shape index (κ3) is 2.76. The van der Waals surface area contributed by atoms with Crippen LogP contribution in [0.25, 0.3) is 0 Å². The van der Waals surface area contributed by atoms with Crippen LogP contribution in [0, 0.1) is 0 Å². The standard InChI is InChI=1S/C13H24N2O/c1-10(2)14-11-8-13(16)15(9-11)12-6-4-3-5-7-12/h10-12,14H,3-9H2,1-2H3. The Labute approximate surface area is 98.6 Å². The molecule has 1 saturated heterocycles. The van der Waals surface area contributed by atoms with Crippen LogP contribution in [0.15, 0.2) is 0 Å². The fourth-order valence-electron chi connectivity index (χ4n) is 3.06.